The number of nitrogens with one attached hydrogen (secondary N) is 3. The zero-order valence-electron chi connectivity index (χ0n) is 19.6. The van der Waals surface area contributed by atoms with E-state index in [2.05, 4.69) is 16.0 Å². The Morgan fingerprint density at radius 1 is 0.818 bits per heavy atom. The molecule has 0 saturated carbocycles. The van der Waals surface area contributed by atoms with Crippen molar-refractivity contribution in [3.05, 3.63) is 0 Å². The second-order valence-corrected chi connectivity index (χ2v) is 9.84. The number of carbonyl (C=O) groups excluding carboxylic acids is 4. The highest BCUT2D eigenvalue weighted by Crippen LogP contribution is 2.08. The van der Waals surface area contributed by atoms with Crippen molar-refractivity contribution < 1.29 is 29.1 Å². The molecule has 0 spiro atoms. The summed E-state index contributed by atoms with van der Waals surface area (Å²) in [6.07, 6.45) is 4.05. The third kappa shape index (κ3) is 12.7. The smallest absolute Gasteiger partial charge is 0.326 e. The molecule has 0 saturated heterocycles. The lowest BCUT2D eigenvalue weighted by Crippen LogP contribution is -2.58. The molecule has 0 aliphatic heterocycles. The van der Waals surface area contributed by atoms with Gasteiger partial charge in [-0.25, -0.2) is 4.79 Å². The second kappa shape index (κ2) is 16.6. The Morgan fingerprint density at radius 2 is 1.36 bits per heavy atom. The number of carbonyl (C=O) groups is 5. The summed E-state index contributed by atoms with van der Waals surface area (Å²) in [6.45, 7) is 3.50. The minimum atomic E-state index is -1.33. The number of hydrogen-bond acceptors (Lipinski definition) is 8. The molecule has 8 N–H and O–H groups in total. The SMILES string of the molecule is CSCCC(N)C(=O)NC(C(=O)NC(CCSC)C(=O)NC(CCC(N)=O)C(=O)O)C(C)C. The molecule has 0 radical (unpaired) electrons. The van der Waals surface area contributed by atoms with E-state index >= 15 is 0 Å². The van der Waals surface area contributed by atoms with Crippen molar-refractivity contribution in [2.75, 3.05) is 24.0 Å². The van der Waals surface area contributed by atoms with Crippen LogP contribution in [0.5, 0.6) is 0 Å². The summed E-state index contributed by atoms with van der Waals surface area (Å²) in [6, 6.07) is -4.03. The molecule has 4 amide bonds. The van der Waals surface area contributed by atoms with Gasteiger partial charge in [-0.2, -0.15) is 23.5 Å². The molecule has 0 heterocycles. The second-order valence-electron chi connectivity index (χ2n) is 7.87. The lowest BCUT2D eigenvalue weighted by molar-refractivity contribution is -0.142. The molecule has 190 valence electrons. The van der Waals surface area contributed by atoms with Crippen LogP contribution in [0.2, 0.25) is 0 Å². The molecule has 13 heteroatoms. The van der Waals surface area contributed by atoms with Gasteiger partial charge >= 0.3 is 5.97 Å². The standard InChI is InChI=1S/C20H37N5O6S2/c1-11(2)16(25-17(27)12(21)7-9-32-3)19(29)23-13(8-10-33-4)18(28)24-14(20(30)31)5-6-15(22)26/h11-14,16H,5-10,21H2,1-4H3,(H2,22,26)(H,23,29)(H,24,28)(H,25,27)(H,30,31). The molecule has 33 heavy (non-hydrogen) atoms. The number of amides is 4. The fraction of sp³-hybridized carbons (Fsp3) is 0.750. The van der Waals surface area contributed by atoms with Crippen molar-refractivity contribution in [3.8, 4) is 0 Å². The van der Waals surface area contributed by atoms with Gasteiger partial charge in [-0.05, 0) is 49.2 Å². The van der Waals surface area contributed by atoms with Crippen molar-refractivity contribution in [3.63, 3.8) is 0 Å². The van der Waals surface area contributed by atoms with Gasteiger partial charge in [0, 0.05) is 6.42 Å². The van der Waals surface area contributed by atoms with Crippen LogP contribution >= 0.6 is 23.5 Å². The van der Waals surface area contributed by atoms with E-state index in [0.717, 1.165) is 0 Å². The number of rotatable bonds is 17. The molecule has 4 atom stereocenters. The van der Waals surface area contributed by atoms with Crippen LogP contribution in [0, 0.1) is 5.92 Å². The van der Waals surface area contributed by atoms with Crippen LogP contribution in [0.25, 0.3) is 0 Å². The number of carboxylic acids is 1. The van der Waals surface area contributed by atoms with E-state index in [1.165, 1.54) is 11.8 Å². The van der Waals surface area contributed by atoms with Crippen LogP contribution < -0.4 is 27.4 Å². The lowest BCUT2D eigenvalue weighted by atomic mass is 10.0. The summed E-state index contributed by atoms with van der Waals surface area (Å²) in [7, 11) is 0. The molecule has 0 aromatic rings. The number of carboxylic acid groups (broad SMARTS) is 1. The summed E-state index contributed by atoms with van der Waals surface area (Å²) >= 11 is 3.01. The normalized spacial score (nSPS) is 14.6. The molecule has 4 unspecified atom stereocenters. The van der Waals surface area contributed by atoms with Crippen molar-refractivity contribution in [1.29, 1.82) is 0 Å². The predicted octanol–water partition coefficient (Wildman–Crippen LogP) is -0.720. The first kappa shape index (κ1) is 31.0. The highest BCUT2D eigenvalue weighted by molar-refractivity contribution is 7.98. The average molecular weight is 508 g/mol. The maximum atomic E-state index is 12.9. The minimum Gasteiger partial charge on any atom is -0.480 e. The topological polar surface area (TPSA) is 194 Å². The highest BCUT2D eigenvalue weighted by Gasteiger charge is 2.31. The lowest BCUT2D eigenvalue weighted by Gasteiger charge is -2.27. The third-order valence-corrected chi connectivity index (χ3v) is 6.04. The molecule has 0 bridgehead atoms. The van der Waals surface area contributed by atoms with Gasteiger partial charge in [0.05, 0.1) is 6.04 Å². The van der Waals surface area contributed by atoms with E-state index in [0.29, 0.717) is 17.9 Å². The van der Waals surface area contributed by atoms with Crippen LogP contribution in [-0.4, -0.2) is 82.9 Å². The van der Waals surface area contributed by atoms with Crippen molar-refractivity contribution >= 4 is 53.1 Å². The van der Waals surface area contributed by atoms with Gasteiger partial charge in [-0.3, -0.25) is 19.2 Å². The zero-order chi connectivity index (χ0) is 25.6. The number of hydrogen-bond donors (Lipinski definition) is 6. The fourth-order valence-corrected chi connectivity index (χ4v) is 3.71. The van der Waals surface area contributed by atoms with Crippen molar-refractivity contribution in [2.45, 2.75) is 63.7 Å². The van der Waals surface area contributed by atoms with Gasteiger partial charge in [-0.15, -0.1) is 0 Å². The predicted molar refractivity (Wildman–Crippen MR) is 131 cm³/mol. The first-order valence-corrected chi connectivity index (χ1v) is 13.4. The molecular formula is C20H37N5O6S2. The van der Waals surface area contributed by atoms with E-state index in [1.807, 2.05) is 12.5 Å². The summed E-state index contributed by atoms with van der Waals surface area (Å²) < 4.78 is 0. The van der Waals surface area contributed by atoms with Crippen LogP contribution in [0.4, 0.5) is 0 Å². The first-order chi connectivity index (χ1) is 15.4. The van der Waals surface area contributed by atoms with Crippen LogP contribution in [0.3, 0.4) is 0 Å². The van der Waals surface area contributed by atoms with E-state index in [4.69, 9.17) is 11.5 Å². The summed E-state index contributed by atoms with van der Waals surface area (Å²) in [5.41, 5.74) is 11.0. The fourth-order valence-electron chi connectivity index (χ4n) is 2.75. The summed E-state index contributed by atoms with van der Waals surface area (Å²) in [5, 5.41) is 17.0. The van der Waals surface area contributed by atoms with Crippen LogP contribution in [0.1, 0.15) is 39.5 Å². The van der Waals surface area contributed by atoms with E-state index in [9.17, 15) is 29.1 Å². The maximum Gasteiger partial charge on any atom is 0.326 e. The zero-order valence-corrected chi connectivity index (χ0v) is 21.2. The van der Waals surface area contributed by atoms with Gasteiger partial charge in [0.2, 0.25) is 23.6 Å². The molecule has 0 rings (SSSR count). The third-order valence-electron chi connectivity index (χ3n) is 4.75. The van der Waals surface area contributed by atoms with Gasteiger partial charge in [0.1, 0.15) is 18.1 Å². The average Bonchev–Trinajstić information content (AvgIpc) is 2.74. The van der Waals surface area contributed by atoms with Crippen LogP contribution in [0.15, 0.2) is 0 Å². The van der Waals surface area contributed by atoms with E-state index in [1.54, 1.807) is 25.6 Å². The Labute approximate surface area is 203 Å². The molecular weight excluding hydrogens is 470 g/mol. The summed E-state index contributed by atoms with van der Waals surface area (Å²) in [5.74, 6) is -2.78. The van der Waals surface area contributed by atoms with Gasteiger partial charge in [-0.1, -0.05) is 13.8 Å². The van der Waals surface area contributed by atoms with Crippen LogP contribution in [-0.2, 0) is 24.0 Å². The molecule has 0 aliphatic carbocycles. The number of nitrogens with two attached hydrogens (primary N) is 2. The Balaban J connectivity index is 5.34. The van der Waals surface area contributed by atoms with E-state index < -0.39 is 53.8 Å². The maximum absolute atomic E-state index is 12.9. The number of aliphatic carboxylic acids is 1. The number of primary amides is 1. The van der Waals surface area contributed by atoms with Gasteiger partial charge in [0.15, 0.2) is 0 Å². The quantitative estimate of drug-likeness (QED) is 0.147. The molecule has 0 fully saturated rings. The first-order valence-electron chi connectivity index (χ1n) is 10.6. The van der Waals surface area contributed by atoms with E-state index in [-0.39, 0.29) is 25.2 Å². The van der Waals surface area contributed by atoms with Gasteiger partial charge in [0.25, 0.3) is 0 Å². The Morgan fingerprint density at radius 3 is 1.85 bits per heavy atom. The number of thioether (sulfide) groups is 2. The molecule has 0 aliphatic rings. The van der Waals surface area contributed by atoms with Crippen molar-refractivity contribution in [1.82, 2.24) is 16.0 Å². The molecule has 0 aromatic heterocycles. The van der Waals surface area contributed by atoms with Gasteiger partial charge < -0.3 is 32.5 Å². The Bertz CT molecular complexity index is 679. The minimum absolute atomic E-state index is 0.168. The monoisotopic (exact) mass is 507 g/mol. The van der Waals surface area contributed by atoms with Crippen molar-refractivity contribution in [2.24, 2.45) is 17.4 Å². The molecule has 11 nitrogen and oxygen atoms in total. The molecule has 0 aromatic carbocycles. The Hall–Kier alpha value is -1.99. The Kier molecular flexibility index (Phi) is 15.6. The highest BCUT2D eigenvalue weighted by atomic mass is 32.2. The largest absolute Gasteiger partial charge is 0.480 e. The summed E-state index contributed by atoms with van der Waals surface area (Å²) in [4.78, 5) is 60.5.